The van der Waals surface area contributed by atoms with Crippen LogP contribution in [0.5, 0.6) is 0 Å². The zero-order chi connectivity index (χ0) is 20.3. The SMILES string of the molecule is NCCNCC1CCN1C(=O)c1ccc(F)c(F)c1Nc1ccc(I)cc1F. The molecule has 1 atom stereocenters. The third-order valence-electron chi connectivity index (χ3n) is 4.62. The topological polar surface area (TPSA) is 70.4 Å². The molecule has 1 unspecified atom stereocenters. The molecule has 2 aromatic rings. The third-order valence-corrected chi connectivity index (χ3v) is 5.29. The zero-order valence-electron chi connectivity index (χ0n) is 14.9. The molecule has 1 aliphatic rings. The summed E-state index contributed by atoms with van der Waals surface area (Å²) in [5.74, 6) is -3.39. The highest BCUT2D eigenvalue weighted by Gasteiger charge is 2.34. The summed E-state index contributed by atoms with van der Waals surface area (Å²) < 4.78 is 43.1. The first-order chi connectivity index (χ1) is 13.4. The van der Waals surface area contributed by atoms with Gasteiger partial charge in [0, 0.05) is 35.8 Å². The molecule has 4 N–H and O–H groups in total. The second-order valence-corrected chi connectivity index (χ2v) is 7.71. The van der Waals surface area contributed by atoms with Crippen molar-refractivity contribution in [3.63, 3.8) is 0 Å². The molecule has 150 valence electrons. The van der Waals surface area contributed by atoms with Gasteiger partial charge in [-0.2, -0.15) is 0 Å². The number of benzene rings is 2. The average molecular weight is 504 g/mol. The summed E-state index contributed by atoms with van der Waals surface area (Å²) >= 11 is 1.94. The normalized spacial score (nSPS) is 16.0. The van der Waals surface area contributed by atoms with Crippen LogP contribution in [0.4, 0.5) is 24.5 Å². The summed E-state index contributed by atoms with van der Waals surface area (Å²) in [4.78, 5) is 14.5. The van der Waals surface area contributed by atoms with Crippen LogP contribution in [-0.2, 0) is 0 Å². The highest BCUT2D eigenvalue weighted by molar-refractivity contribution is 14.1. The van der Waals surface area contributed by atoms with E-state index >= 15 is 0 Å². The Morgan fingerprint density at radius 2 is 2.00 bits per heavy atom. The van der Waals surface area contributed by atoms with Crippen molar-refractivity contribution in [3.8, 4) is 0 Å². The Kier molecular flexibility index (Phi) is 6.78. The maximum Gasteiger partial charge on any atom is 0.256 e. The van der Waals surface area contributed by atoms with Crippen molar-refractivity contribution in [2.75, 3.05) is 31.5 Å². The van der Waals surface area contributed by atoms with Crippen LogP contribution in [0.1, 0.15) is 16.8 Å². The standard InChI is InChI=1S/C19H20F3IN4O/c20-14-3-2-13(19(28)27-8-5-12(27)10-25-7-6-24)18(17(14)22)26-16-4-1-11(23)9-15(16)21/h1-4,9,12,25-26H,5-8,10,24H2. The van der Waals surface area contributed by atoms with Crippen molar-refractivity contribution in [2.24, 2.45) is 5.73 Å². The molecule has 1 saturated heterocycles. The number of nitrogens with zero attached hydrogens (tertiary/aromatic N) is 1. The van der Waals surface area contributed by atoms with Gasteiger partial charge in [-0.05, 0) is 59.3 Å². The van der Waals surface area contributed by atoms with Gasteiger partial charge >= 0.3 is 0 Å². The van der Waals surface area contributed by atoms with Gasteiger partial charge in [0.05, 0.1) is 16.9 Å². The number of hydrogen-bond donors (Lipinski definition) is 3. The van der Waals surface area contributed by atoms with E-state index in [0.29, 0.717) is 29.7 Å². The molecule has 2 aromatic carbocycles. The van der Waals surface area contributed by atoms with Crippen molar-refractivity contribution in [1.29, 1.82) is 0 Å². The van der Waals surface area contributed by atoms with Crippen molar-refractivity contribution >= 4 is 39.9 Å². The summed E-state index contributed by atoms with van der Waals surface area (Å²) in [5, 5.41) is 5.70. The van der Waals surface area contributed by atoms with Gasteiger partial charge in [0.15, 0.2) is 11.6 Å². The first-order valence-corrected chi connectivity index (χ1v) is 9.92. The monoisotopic (exact) mass is 504 g/mol. The Balaban J connectivity index is 1.87. The van der Waals surface area contributed by atoms with Crippen molar-refractivity contribution in [2.45, 2.75) is 12.5 Å². The van der Waals surface area contributed by atoms with Crippen LogP contribution in [0.3, 0.4) is 0 Å². The van der Waals surface area contributed by atoms with Crippen LogP contribution in [0.2, 0.25) is 0 Å². The van der Waals surface area contributed by atoms with E-state index in [1.54, 1.807) is 11.0 Å². The molecule has 5 nitrogen and oxygen atoms in total. The molecule has 1 amide bonds. The second-order valence-electron chi connectivity index (χ2n) is 6.47. The molecular weight excluding hydrogens is 484 g/mol. The molecule has 0 aromatic heterocycles. The Bertz CT molecular complexity index is 880. The van der Waals surface area contributed by atoms with Crippen LogP contribution in [0, 0.1) is 21.0 Å². The fourth-order valence-electron chi connectivity index (χ4n) is 3.02. The summed E-state index contributed by atoms with van der Waals surface area (Å²) in [6.07, 6.45) is 0.807. The van der Waals surface area contributed by atoms with Crippen molar-refractivity contribution < 1.29 is 18.0 Å². The van der Waals surface area contributed by atoms with Crippen LogP contribution >= 0.6 is 22.6 Å². The highest BCUT2D eigenvalue weighted by Crippen LogP contribution is 2.31. The van der Waals surface area contributed by atoms with Gasteiger partial charge in [-0.3, -0.25) is 4.79 Å². The van der Waals surface area contributed by atoms with E-state index < -0.39 is 23.4 Å². The number of nitrogens with two attached hydrogens (primary N) is 1. The number of nitrogens with one attached hydrogen (secondary N) is 2. The van der Waals surface area contributed by atoms with Gasteiger partial charge < -0.3 is 21.3 Å². The Morgan fingerprint density at radius 3 is 2.64 bits per heavy atom. The number of halogens is 4. The lowest BCUT2D eigenvalue weighted by molar-refractivity contribution is 0.0465. The minimum Gasteiger partial charge on any atom is -0.350 e. The molecule has 1 heterocycles. The maximum absolute atomic E-state index is 14.5. The molecular formula is C19H20F3IN4O. The number of carbonyl (C=O) groups excluding carboxylic acids is 1. The molecule has 3 rings (SSSR count). The van der Waals surface area contributed by atoms with E-state index in [4.69, 9.17) is 5.73 Å². The van der Waals surface area contributed by atoms with Crippen LogP contribution in [0.25, 0.3) is 0 Å². The smallest absolute Gasteiger partial charge is 0.256 e. The minimum atomic E-state index is -1.22. The molecule has 0 radical (unpaired) electrons. The van der Waals surface area contributed by atoms with E-state index in [2.05, 4.69) is 10.6 Å². The number of anilines is 2. The number of rotatable bonds is 7. The summed E-state index contributed by atoms with van der Waals surface area (Å²) in [7, 11) is 0. The predicted octanol–water partition coefficient (Wildman–Crippen LogP) is 3.21. The van der Waals surface area contributed by atoms with Crippen LogP contribution in [-0.4, -0.2) is 43.0 Å². The van der Waals surface area contributed by atoms with Gasteiger partial charge in [-0.15, -0.1) is 0 Å². The van der Waals surface area contributed by atoms with E-state index in [9.17, 15) is 18.0 Å². The van der Waals surface area contributed by atoms with Gasteiger partial charge in [0.25, 0.3) is 5.91 Å². The third kappa shape index (κ3) is 4.41. The Labute approximate surface area is 174 Å². The molecule has 0 bridgehead atoms. The molecule has 0 spiro atoms. The fraction of sp³-hybridized carbons (Fsp3) is 0.316. The van der Waals surface area contributed by atoms with Crippen LogP contribution in [0.15, 0.2) is 30.3 Å². The van der Waals surface area contributed by atoms with E-state index in [1.165, 1.54) is 18.2 Å². The van der Waals surface area contributed by atoms with Crippen molar-refractivity contribution in [1.82, 2.24) is 10.2 Å². The average Bonchev–Trinajstić information content (AvgIpc) is 2.63. The highest BCUT2D eigenvalue weighted by atomic mass is 127. The Morgan fingerprint density at radius 1 is 1.21 bits per heavy atom. The zero-order valence-corrected chi connectivity index (χ0v) is 17.1. The van der Waals surface area contributed by atoms with Gasteiger partial charge in [-0.1, -0.05) is 0 Å². The first-order valence-electron chi connectivity index (χ1n) is 8.84. The first kappa shape index (κ1) is 20.9. The van der Waals surface area contributed by atoms with E-state index in [1.807, 2.05) is 22.6 Å². The van der Waals surface area contributed by atoms with E-state index in [0.717, 1.165) is 12.5 Å². The molecule has 9 heteroatoms. The predicted molar refractivity (Wildman–Crippen MR) is 110 cm³/mol. The quantitative estimate of drug-likeness (QED) is 0.400. The Hall–Kier alpha value is -1.85. The number of carbonyl (C=O) groups is 1. The molecule has 28 heavy (non-hydrogen) atoms. The number of amides is 1. The summed E-state index contributed by atoms with van der Waals surface area (Å²) in [6.45, 7) is 2.20. The lowest BCUT2D eigenvalue weighted by Crippen LogP contribution is -2.55. The van der Waals surface area contributed by atoms with Gasteiger partial charge in [0.2, 0.25) is 0 Å². The lowest BCUT2D eigenvalue weighted by Gasteiger charge is -2.41. The van der Waals surface area contributed by atoms with Gasteiger partial charge in [0.1, 0.15) is 5.82 Å². The molecule has 1 fully saturated rings. The fourth-order valence-corrected chi connectivity index (χ4v) is 3.48. The number of hydrogen-bond acceptors (Lipinski definition) is 4. The lowest BCUT2D eigenvalue weighted by atomic mass is 10.00. The van der Waals surface area contributed by atoms with Crippen LogP contribution < -0.4 is 16.4 Å². The maximum atomic E-state index is 14.5. The van der Waals surface area contributed by atoms with Gasteiger partial charge in [-0.25, -0.2) is 13.2 Å². The number of likely N-dealkylation sites (tertiary alicyclic amines) is 1. The second kappa shape index (κ2) is 9.10. The molecule has 1 aliphatic heterocycles. The minimum absolute atomic E-state index is 0.0382. The largest absolute Gasteiger partial charge is 0.350 e. The molecule has 0 saturated carbocycles. The summed E-state index contributed by atoms with van der Waals surface area (Å²) in [6, 6.07) is 6.37. The van der Waals surface area contributed by atoms with Crippen molar-refractivity contribution in [3.05, 3.63) is 56.9 Å². The molecule has 0 aliphatic carbocycles. The van der Waals surface area contributed by atoms with E-state index in [-0.39, 0.29) is 23.0 Å². The summed E-state index contributed by atoms with van der Waals surface area (Å²) in [5.41, 5.74) is 5.00.